The second kappa shape index (κ2) is 7.83. The minimum Gasteiger partial charge on any atom is -0.357 e. The second-order valence-corrected chi connectivity index (χ2v) is 9.67. The van der Waals surface area contributed by atoms with Gasteiger partial charge in [0.25, 0.3) is 5.56 Å². The summed E-state index contributed by atoms with van der Waals surface area (Å²) in [5.74, 6) is 0.687. The lowest BCUT2D eigenvalue weighted by molar-refractivity contribution is 0.287. The lowest BCUT2D eigenvalue weighted by Gasteiger charge is -2.32. The standard InChI is InChI=1S/C26H30N6O/c1-6-26(4,5)32-24(28-29-30-32)23(31-12-11-18-9-7-8-10-22(18)31)20-15-19-13-16(2)17(3)14-21(19)27-25(20)33/h7-10,13-15,23H,6,11-12H2,1-5H3,(H,27,33)/t23-/m1/s1. The fourth-order valence-corrected chi connectivity index (χ4v) is 4.72. The third-order valence-electron chi connectivity index (χ3n) is 7.19. The smallest absolute Gasteiger partial charge is 0.254 e. The fourth-order valence-electron chi connectivity index (χ4n) is 4.72. The van der Waals surface area contributed by atoms with Crippen LogP contribution in [0.25, 0.3) is 10.9 Å². The predicted octanol–water partition coefficient (Wildman–Crippen LogP) is 4.43. The van der Waals surface area contributed by atoms with Crippen molar-refractivity contribution in [2.45, 2.75) is 59.0 Å². The number of rotatable bonds is 5. The number of fused-ring (bicyclic) bond motifs is 2. The Morgan fingerprint density at radius 1 is 1.12 bits per heavy atom. The summed E-state index contributed by atoms with van der Waals surface area (Å²) >= 11 is 0. The van der Waals surface area contributed by atoms with E-state index in [9.17, 15) is 4.79 Å². The van der Waals surface area contributed by atoms with Crippen molar-refractivity contribution in [2.75, 3.05) is 11.4 Å². The van der Waals surface area contributed by atoms with Crippen LogP contribution in [0.3, 0.4) is 0 Å². The summed E-state index contributed by atoms with van der Waals surface area (Å²) in [6.07, 6.45) is 1.79. The summed E-state index contributed by atoms with van der Waals surface area (Å²) in [6, 6.07) is 14.2. The predicted molar refractivity (Wildman–Crippen MR) is 131 cm³/mol. The van der Waals surface area contributed by atoms with Crippen molar-refractivity contribution in [2.24, 2.45) is 0 Å². The average molecular weight is 443 g/mol. The Morgan fingerprint density at radius 2 is 1.88 bits per heavy atom. The van der Waals surface area contributed by atoms with Gasteiger partial charge >= 0.3 is 0 Å². The maximum absolute atomic E-state index is 13.5. The molecule has 4 aromatic rings. The van der Waals surface area contributed by atoms with Gasteiger partial charge in [0.1, 0.15) is 6.04 Å². The van der Waals surface area contributed by atoms with Gasteiger partial charge in [-0.3, -0.25) is 4.79 Å². The van der Waals surface area contributed by atoms with Crippen molar-refractivity contribution in [3.63, 3.8) is 0 Å². The lowest BCUT2D eigenvalue weighted by atomic mass is 9.98. The first kappa shape index (κ1) is 21.4. The Balaban J connectivity index is 1.76. The number of pyridine rings is 1. The quantitative estimate of drug-likeness (QED) is 0.495. The Morgan fingerprint density at radius 3 is 2.67 bits per heavy atom. The van der Waals surface area contributed by atoms with E-state index in [1.807, 2.05) is 22.9 Å². The Bertz CT molecular complexity index is 1400. The molecule has 1 N–H and O–H groups in total. The van der Waals surface area contributed by atoms with Gasteiger partial charge < -0.3 is 9.88 Å². The van der Waals surface area contributed by atoms with E-state index >= 15 is 0 Å². The maximum Gasteiger partial charge on any atom is 0.254 e. The molecule has 1 aliphatic rings. The van der Waals surface area contributed by atoms with Crippen molar-refractivity contribution in [1.29, 1.82) is 0 Å². The number of nitrogens with one attached hydrogen (secondary N) is 1. The van der Waals surface area contributed by atoms with Crippen molar-refractivity contribution >= 4 is 16.6 Å². The van der Waals surface area contributed by atoms with Crippen LogP contribution in [0.1, 0.15) is 61.3 Å². The molecule has 0 aliphatic carbocycles. The molecular weight excluding hydrogens is 412 g/mol. The third kappa shape index (κ3) is 3.52. The molecule has 3 heterocycles. The van der Waals surface area contributed by atoms with Crippen molar-refractivity contribution in [1.82, 2.24) is 25.2 Å². The molecule has 2 aromatic heterocycles. The SMILES string of the molecule is CCC(C)(C)n1nnnc1[C@@H](c1cc2cc(C)c(C)cc2[nH]c1=O)N1CCc2ccccc21. The number of aromatic nitrogens is 5. The molecule has 1 aliphatic heterocycles. The molecule has 0 saturated heterocycles. The summed E-state index contributed by atoms with van der Waals surface area (Å²) in [4.78, 5) is 18.9. The first-order valence-electron chi connectivity index (χ1n) is 11.6. The summed E-state index contributed by atoms with van der Waals surface area (Å²) < 4.78 is 1.89. The van der Waals surface area contributed by atoms with Crippen molar-refractivity contribution in [3.05, 3.63) is 80.9 Å². The Labute approximate surface area is 193 Å². The minimum atomic E-state index is -0.399. The molecule has 0 spiro atoms. The number of tetrazole rings is 1. The monoisotopic (exact) mass is 442 g/mol. The highest BCUT2D eigenvalue weighted by Crippen LogP contribution is 2.38. The summed E-state index contributed by atoms with van der Waals surface area (Å²) in [7, 11) is 0. The highest BCUT2D eigenvalue weighted by molar-refractivity contribution is 5.81. The minimum absolute atomic E-state index is 0.107. The van der Waals surface area contributed by atoms with Gasteiger partial charge in [-0.15, -0.1) is 5.10 Å². The van der Waals surface area contributed by atoms with Crippen LogP contribution >= 0.6 is 0 Å². The topological polar surface area (TPSA) is 79.7 Å². The average Bonchev–Trinajstić information content (AvgIpc) is 3.44. The fraction of sp³-hybridized carbons (Fsp3) is 0.385. The van der Waals surface area contributed by atoms with Crippen LogP contribution in [0.15, 0.2) is 47.3 Å². The number of anilines is 1. The highest BCUT2D eigenvalue weighted by atomic mass is 16.1. The molecule has 33 heavy (non-hydrogen) atoms. The zero-order valence-corrected chi connectivity index (χ0v) is 19.9. The molecule has 5 rings (SSSR count). The first-order chi connectivity index (χ1) is 15.8. The number of hydrogen-bond acceptors (Lipinski definition) is 5. The molecule has 0 radical (unpaired) electrons. The number of para-hydroxylation sites is 1. The number of hydrogen-bond donors (Lipinski definition) is 1. The van der Waals surface area contributed by atoms with Crippen molar-refractivity contribution in [3.8, 4) is 0 Å². The van der Waals surface area contributed by atoms with Gasteiger partial charge in [0.05, 0.1) is 5.54 Å². The number of benzene rings is 2. The van der Waals surface area contributed by atoms with Crippen LogP contribution in [-0.2, 0) is 12.0 Å². The summed E-state index contributed by atoms with van der Waals surface area (Å²) in [5, 5.41) is 13.9. The van der Waals surface area contributed by atoms with Crippen LogP contribution in [0.5, 0.6) is 0 Å². The number of nitrogens with zero attached hydrogens (tertiary/aromatic N) is 5. The van der Waals surface area contributed by atoms with Crippen LogP contribution < -0.4 is 10.5 Å². The van der Waals surface area contributed by atoms with E-state index in [-0.39, 0.29) is 11.1 Å². The van der Waals surface area contributed by atoms with Crippen LogP contribution in [0.2, 0.25) is 0 Å². The molecule has 0 bridgehead atoms. The van der Waals surface area contributed by atoms with Gasteiger partial charge in [-0.25, -0.2) is 4.68 Å². The molecule has 2 aromatic carbocycles. The van der Waals surface area contributed by atoms with Crippen LogP contribution in [-0.4, -0.2) is 31.7 Å². The second-order valence-electron chi connectivity index (χ2n) is 9.67. The van der Waals surface area contributed by atoms with E-state index in [4.69, 9.17) is 0 Å². The molecule has 0 amide bonds. The molecular formula is C26H30N6O. The molecule has 1 atom stereocenters. The number of H-pyrrole nitrogens is 1. The van der Waals surface area contributed by atoms with Gasteiger partial charge in [0.2, 0.25) is 0 Å². The molecule has 0 fully saturated rings. The van der Waals surface area contributed by atoms with Gasteiger partial charge in [-0.05, 0) is 97.3 Å². The molecule has 170 valence electrons. The first-order valence-corrected chi connectivity index (χ1v) is 11.6. The van der Waals surface area contributed by atoms with E-state index in [0.717, 1.165) is 41.5 Å². The molecule has 0 unspecified atom stereocenters. The largest absolute Gasteiger partial charge is 0.357 e. The molecule has 7 nitrogen and oxygen atoms in total. The maximum atomic E-state index is 13.5. The lowest BCUT2D eigenvalue weighted by Crippen LogP contribution is -2.37. The van der Waals surface area contributed by atoms with Crippen LogP contribution in [0.4, 0.5) is 5.69 Å². The van der Waals surface area contributed by atoms with E-state index in [2.05, 4.69) is 84.3 Å². The summed E-state index contributed by atoms with van der Waals surface area (Å²) in [5.41, 5.74) is 5.87. The zero-order valence-electron chi connectivity index (χ0n) is 19.9. The zero-order chi connectivity index (χ0) is 23.3. The highest BCUT2D eigenvalue weighted by Gasteiger charge is 2.36. The van der Waals surface area contributed by atoms with Crippen LogP contribution in [0, 0.1) is 13.8 Å². The van der Waals surface area contributed by atoms with E-state index < -0.39 is 6.04 Å². The van der Waals surface area contributed by atoms with E-state index in [1.165, 1.54) is 11.1 Å². The van der Waals surface area contributed by atoms with Gasteiger partial charge in [0.15, 0.2) is 5.82 Å². The normalized spacial score (nSPS) is 14.6. The molecule has 0 saturated carbocycles. The number of aryl methyl sites for hydroxylation is 2. The summed E-state index contributed by atoms with van der Waals surface area (Å²) in [6.45, 7) is 11.3. The van der Waals surface area contributed by atoms with Gasteiger partial charge in [-0.1, -0.05) is 25.1 Å². The Hall–Kier alpha value is -3.48. The van der Waals surface area contributed by atoms with E-state index in [0.29, 0.717) is 11.4 Å². The van der Waals surface area contributed by atoms with Gasteiger partial charge in [-0.2, -0.15) is 0 Å². The Kier molecular flexibility index (Phi) is 5.07. The third-order valence-corrected chi connectivity index (χ3v) is 7.19. The van der Waals surface area contributed by atoms with Crippen molar-refractivity contribution < 1.29 is 0 Å². The molecule has 7 heteroatoms. The van der Waals surface area contributed by atoms with Gasteiger partial charge in [0, 0.05) is 23.3 Å². The number of aromatic amines is 1. The van der Waals surface area contributed by atoms with E-state index in [1.54, 1.807) is 0 Å².